The SMILES string of the molecule is CCCn1ccc(Nc2cc(C(=O)NOC)ccc2C)c1C. The molecule has 0 unspecified atom stereocenters. The summed E-state index contributed by atoms with van der Waals surface area (Å²) in [5, 5.41) is 3.42. The average Bonchev–Trinajstić information content (AvgIpc) is 2.83. The van der Waals surface area contributed by atoms with Crippen LogP contribution < -0.4 is 10.8 Å². The molecule has 0 spiro atoms. The molecule has 0 bridgehead atoms. The summed E-state index contributed by atoms with van der Waals surface area (Å²) in [6.07, 6.45) is 3.18. The summed E-state index contributed by atoms with van der Waals surface area (Å²) in [7, 11) is 1.42. The van der Waals surface area contributed by atoms with Gasteiger partial charge in [0.2, 0.25) is 0 Å². The van der Waals surface area contributed by atoms with Gasteiger partial charge in [-0.05, 0) is 44.0 Å². The molecule has 118 valence electrons. The standard InChI is InChI=1S/C17H23N3O2/c1-5-9-20-10-8-15(13(20)3)18-16-11-14(7-6-12(16)2)17(21)19-22-4/h6-8,10-11,18H,5,9H2,1-4H3,(H,19,21). The monoisotopic (exact) mass is 301 g/mol. The van der Waals surface area contributed by atoms with Gasteiger partial charge in [0.25, 0.3) is 5.91 Å². The molecule has 0 aliphatic carbocycles. The van der Waals surface area contributed by atoms with E-state index in [0.717, 1.165) is 29.9 Å². The third kappa shape index (κ3) is 3.49. The minimum Gasteiger partial charge on any atom is -0.354 e. The molecule has 0 saturated carbocycles. The lowest BCUT2D eigenvalue weighted by Crippen LogP contribution is -2.21. The Balaban J connectivity index is 2.25. The Morgan fingerprint density at radius 1 is 1.23 bits per heavy atom. The number of carbonyl (C=O) groups excluding carboxylic acids is 1. The zero-order valence-corrected chi connectivity index (χ0v) is 13.6. The van der Waals surface area contributed by atoms with Crippen LogP contribution in [0.25, 0.3) is 0 Å². The molecule has 2 rings (SSSR count). The summed E-state index contributed by atoms with van der Waals surface area (Å²) in [5.41, 5.74) is 7.13. The van der Waals surface area contributed by atoms with Crippen molar-refractivity contribution < 1.29 is 9.63 Å². The molecule has 0 aliphatic heterocycles. The van der Waals surface area contributed by atoms with Crippen LogP contribution >= 0.6 is 0 Å². The van der Waals surface area contributed by atoms with Gasteiger partial charge in [0.1, 0.15) is 0 Å². The summed E-state index contributed by atoms with van der Waals surface area (Å²) in [6.45, 7) is 7.27. The first-order valence-corrected chi connectivity index (χ1v) is 7.43. The molecule has 0 saturated heterocycles. The van der Waals surface area contributed by atoms with Crippen molar-refractivity contribution in [2.75, 3.05) is 12.4 Å². The zero-order chi connectivity index (χ0) is 16.1. The van der Waals surface area contributed by atoms with E-state index in [1.54, 1.807) is 6.07 Å². The first-order valence-electron chi connectivity index (χ1n) is 7.43. The van der Waals surface area contributed by atoms with Crippen LogP contribution in [0.2, 0.25) is 0 Å². The predicted molar refractivity (Wildman–Crippen MR) is 88.4 cm³/mol. The van der Waals surface area contributed by atoms with Crippen molar-refractivity contribution >= 4 is 17.3 Å². The second-order valence-electron chi connectivity index (χ2n) is 5.30. The highest BCUT2D eigenvalue weighted by Gasteiger charge is 2.10. The van der Waals surface area contributed by atoms with E-state index in [2.05, 4.69) is 46.3 Å². The highest BCUT2D eigenvalue weighted by atomic mass is 16.6. The van der Waals surface area contributed by atoms with Gasteiger partial charge in [-0.3, -0.25) is 9.63 Å². The molecule has 0 fully saturated rings. The van der Waals surface area contributed by atoms with Gasteiger partial charge in [-0.15, -0.1) is 0 Å². The summed E-state index contributed by atoms with van der Waals surface area (Å²) in [5.74, 6) is -0.258. The molecule has 0 aliphatic rings. The number of aromatic nitrogens is 1. The van der Waals surface area contributed by atoms with E-state index >= 15 is 0 Å². The number of carbonyl (C=O) groups is 1. The van der Waals surface area contributed by atoms with Gasteiger partial charge in [0.05, 0.1) is 12.8 Å². The van der Waals surface area contributed by atoms with Crippen molar-refractivity contribution in [2.24, 2.45) is 0 Å². The highest BCUT2D eigenvalue weighted by molar-refractivity contribution is 5.94. The van der Waals surface area contributed by atoms with Crippen LogP contribution in [0.3, 0.4) is 0 Å². The second kappa shape index (κ2) is 7.13. The lowest BCUT2D eigenvalue weighted by atomic mass is 10.1. The molecule has 1 amide bonds. The third-order valence-corrected chi connectivity index (χ3v) is 3.67. The molecule has 0 radical (unpaired) electrons. The predicted octanol–water partition coefficient (Wildman–Crippen LogP) is 3.55. The summed E-state index contributed by atoms with van der Waals surface area (Å²) in [6, 6.07) is 7.60. The van der Waals surface area contributed by atoms with E-state index in [1.807, 2.05) is 19.1 Å². The highest BCUT2D eigenvalue weighted by Crippen LogP contribution is 2.25. The second-order valence-corrected chi connectivity index (χ2v) is 5.30. The Morgan fingerprint density at radius 3 is 2.68 bits per heavy atom. The van der Waals surface area contributed by atoms with Crippen LogP contribution in [0.1, 0.15) is 35.0 Å². The van der Waals surface area contributed by atoms with Crippen LogP contribution in [0, 0.1) is 13.8 Å². The Kier molecular flexibility index (Phi) is 5.22. The Morgan fingerprint density at radius 2 is 2.00 bits per heavy atom. The number of hydroxylamine groups is 1. The Labute approximate surface area is 131 Å². The van der Waals surface area contributed by atoms with Crippen molar-refractivity contribution in [3.05, 3.63) is 47.3 Å². The van der Waals surface area contributed by atoms with Gasteiger partial charge in [0.15, 0.2) is 0 Å². The molecule has 1 aromatic heterocycles. The van der Waals surface area contributed by atoms with Crippen molar-refractivity contribution in [1.29, 1.82) is 0 Å². The minimum absolute atomic E-state index is 0.258. The number of anilines is 2. The Bertz CT molecular complexity index is 662. The van der Waals surface area contributed by atoms with Gasteiger partial charge in [-0.2, -0.15) is 0 Å². The van der Waals surface area contributed by atoms with Crippen molar-refractivity contribution in [3.63, 3.8) is 0 Å². The van der Waals surface area contributed by atoms with Crippen LogP contribution in [0.15, 0.2) is 30.5 Å². The fraction of sp³-hybridized carbons (Fsp3) is 0.353. The summed E-state index contributed by atoms with van der Waals surface area (Å²) >= 11 is 0. The number of amides is 1. The topological polar surface area (TPSA) is 55.3 Å². The van der Waals surface area contributed by atoms with Crippen molar-refractivity contribution in [2.45, 2.75) is 33.7 Å². The number of nitrogens with zero attached hydrogens (tertiary/aromatic N) is 1. The quantitative estimate of drug-likeness (QED) is 0.802. The van der Waals surface area contributed by atoms with E-state index in [1.165, 1.54) is 12.8 Å². The van der Waals surface area contributed by atoms with Crippen LogP contribution in [0.4, 0.5) is 11.4 Å². The number of aryl methyl sites for hydroxylation is 2. The smallest absolute Gasteiger partial charge is 0.274 e. The fourth-order valence-electron chi connectivity index (χ4n) is 2.36. The van der Waals surface area contributed by atoms with Crippen molar-refractivity contribution in [3.8, 4) is 0 Å². The van der Waals surface area contributed by atoms with E-state index in [4.69, 9.17) is 0 Å². The molecule has 5 nitrogen and oxygen atoms in total. The Hall–Kier alpha value is -2.27. The van der Waals surface area contributed by atoms with E-state index in [-0.39, 0.29) is 5.91 Å². The molecule has 5 heteroatoms. The van der Waals surface area contributed by atoms with Gasteiger partial charge in [0, 0.05) is 29.7 Å². The number of hydrogen-bond acceptors (Lipinski definition) is 3. The molecule has 0 atom stereocenters. The van der Waals surface area contributed by atoms with Gasteiger partial charge >= 0.3 is 0 Å². The van der Waals surface area contributed by atoms with E-state index in [0.29, 0.717) is 5.56 Å². The first-order chi connectivity index (χ1) is 10.6. The number of nitrogens with one attached hydrogen (secondary N) is 2. The van der Waals surface area contributed by atoms with Gasteiger partial charge in [-0.1, -0.05) is 13.0 Å². The summed E-state index contributed by atoms with van der Waals surface area (Å²) in [4.78, 5) is 16.5. The molecular formula is C17H23N3O2. The van der Waals surface area contributed by atoms with Gasteiger partial charge < -0.3 is 9.88 Å². The average molecular weight is 301 g/mol. The first kappa shape index (κ1) is 16.1. The maximum absolute atomic E-state index is 11.8. The minimum atomic E-state index is -0.258. The fourth-order valence-corrected chi connectivity index (χ4v) is 2.36. The van der Waals surface area contributed by atoms with Crippen LogP contribution in [0.5, 0.6) is 0 Å². The number of hydrogen-bond donors (Lipinski definition) is 2. The molecule has 22 heavy (non-hydrogen) atoms. The molecule has 1 heterocycles. The van der Waals surface area contributed by atoms with Crippen molar-refractivity contribution in [1.82, 2.24) is 10.0 Å². The van der Waals surface area contributed by atoms with E-state index < -0.39 is 0 Å². The molecular weight excluding hydrogens is 278 g/mol. The molecule has 2 aromatic rings. The zero-order valence-electron chi connectivity index (χ0n) is 13.6. The van der Waals surface area contributed by atoms with Crippen LogP contribution in [-0.4, -0.2) is 17.6 Å². The number of benzene rings is 1. The molecule has 1 aromatic carbocycles. The number of rotatable bonds is 6. The van der Waals surface area contributed by atoms with E-state index in [9.17, 15) is 4.79 Å². The van der Waals surface area contributed by atoms with Crippen LogP contribution in [-0.2, 0) is 11.4 Å². The lowest BCUT2D eigenvalue weighted by Gasteiger charge is -2.12. The lowest BCUT2D eigenvalue weighted by molar-refractivity contribution is 0.0537. The molecule has 2 N–H and O–H groups in total. The van der Waals surface area contributed by atoms with Gasteiger partial charge in [-0.25, -0.2) is 5.48 Å². The largest absolute Gasteiger partial charge is 0.354 e. The third-order valence-electron chi connectivity index (χ3n) is 3.67. The maximum Gasteiger partial charge on any atom is 0.274 e. The summed E-state index contributed by atoms with van der Waals surface area (Å²) < 4.78 is 2.22. The maximum atomic E-state index is 11.8. The normalized spacial score (nSPS) is 10.5.